The minimum Gasteiger partial charge on any atom is -0.374 e. The Bertz CT molecular complexity index is 1120. The molecule has 164 valence electrons. The standard InChI is InChI=1S/C20H19F4N5O2/c1-11-9-28(10-14-8-25-18(29(11)14)19(2,31)20(22,23)24)17(30)16-7-15(26-27-16)12-3-5-13(21)6-4-12/h3-8,11,31H,9-10H2,1-2H3,(H,26,27)/t11-,19?/m0/s1. The zero-order valence-electron chi connectivity index (χ0n) is 16.6. The van der Waals surface area contributed by atoms with Crippen LogP contribution in [0.4, 0.5) is 17.6 Å². The Labute approximate surface area is 174 Å². The van der Waals surface area contributed by atoms with Crippen molar-refractivity contribution < 1.29 is 27.5 Å². The molecule has 4 rings (SSSR count). The van der Waals surface area contributed by atoms with E-state index in [1.54, 1.807) is 6.92 Å². The van der Waals surface area contributed by atoms with E-state index < -0.39 is 29.5 Å². The van der Waals surface area contributed by atoms with Gasteiger partial charge in [-0.05, 0) is 44.2 Å². The maximum Gasteiger partial charge on any atom is 0.424 e. The van der Waals surface area contributed by atoms with Gasteiger partial charge in [-0.15, -0.1) is 0 Å². The van der Waals surface area contributed by atoms with Gasteiger partial charge in [0.2, 0.25) is 5.60 Å². The topological polar surface area (TPSA) is 87.0 Å². The highest BCUT2D eigenvalue weighted by Crippen LogP contribution is 2.40. The van der Waals surface area contributed by atoms with Crippen LogP contribution in [0.15, 0.2) is 36.5 Å². The van der Waals surface area contributed by atoms with Gasteiger partial charge >= 0.3 is 6.18 Å². The van der Waals surface area contributed by atoms with E-state index in [2.05, 4.69) is 15.2 Å². The minimum absolute atomic E-state index is 0.0228. The van der Waals surface area contributed by atoms with Crippen LogP contribution in [-0.4, -0.2) is 48.4 Å². The van der Waals surface area contributed by atoms with Crippen LogP contribution in [0, 0.1) is 5.82 Å². The summed E-state index contributed by atoms with van der Waals surface area (Å²) < 4.78 is 54.3. The predicted octanol–water partition coefficient (Wildman–Crippen LogP) is 3.40. The van der Waals surface area contributed by atoms with Crippen LogP contribution in [0.1, 0.15) is 41.9 Å². The van der Waals surface area contributed by atoms with Gasteiger partial charge in [-0.2, -0.15) is 18.3 Å². The number of carbonyl (C=O) groups excluding carboxylic acids is 1. The number of aliphatic hydroxyl groups is 1. The van der Waals surface area contributed by atoms with E-state index in [1.807, 2.05) is 0 Å². The Hall–Kier alpha value is -3.21. The smallest absolute Gasteiger partial charge is 0.374 e. The first-order valence-corrected chi connectivity index (χ1v) is 9.45. The summed E-state index contributed by atoms with van der Waals surface area (Å²) in [5.74, 6) is -1.28. The number of hydrogen-bond donors (Lipinski definition) is 2. The molecular weight excluding hydrogens is 418 g/mol. The second-order valence-corrected chi connectivity index (χ2v) is 7.72. The van der Waals surface area contributed by atoms with Crippen molar-refractivity contribution in [2.45, 2.75) is 38.2 Å². The van der Waals surface area contributed by atoms with Crippen molar-refractivity contribution in [1.82, 2.24) is 24.6 Å². The summed E-state index contributed by atoms with van der Waals surface area (Å²) in [5, 5.41) is 16.8. The molecule has 0 bridgehead atoms. The molecule has 2 aromatic heterocycles. The highest BCUT2D eigenvalue weighted by atomic mass is 19.4. The molecule has 0 saturated carbocycles. The molecule has 11 heteroatoms. The Morgan fingerprint density at radius 3 is 2.58 bits per heavy atom. The summed E-state index contributed by atoms with van der Waals surface area (Å²) in [7, 11) is 0. The lowest BCUT2D eigenvalue weighted by Gasteiger charge is -2.36. The molecule has 1 amide bonds. The molecule has 3 heterocycles. The van der Waals surface area contributed by atoms with E-state index in [-0.39, 0.29) is 24.7 Å². The van der Waals surface area contributed by atoms with E-state index >= 15 is 0 Å². The first-order valence-electron chi connectivity index (χ1n) is 9.45. The summed E-state index contributed by atoms with van der Waals surface area (Å²) >= 11 is 0. The van der Waals surface area contributed by atoms with Crippen molar-refractivity contribution in [3.05, 3.63) is 59.6 Å². The number of imidazole rings is 1. The van der Waals surface area contributed by atoms with Crippen LogP contribution in [0.25, 0.3) is 11.3 Å². The van der Waals surface area contributed by atoms with Crippen LogP contribution in [0.3, 0.4) is 0 Å². The molecule has 1 unspecified atom stereocenters. The molecule has 1 aliphatic heterocycles. The molecule has 7 nitrogen and oxygen atoms in total. The molecule has 3 aromatic rings. The SMILES string of the molecule is C[C@H]1CN(C(=O)c2cc(-c3ccc(F)cc3)n[nH]2)Cc2cnc(C(C)(O)C(F)(F)F)n21. The monoisotopic (exact) mass is 437 g/mol. The number of halogens is 4. The number of amides is 1. The normalized spacial score (nSPS) is 18.5. The Balaban J connectivity index is 1.58. The van der Waals surface area contributed by atoms with Gasteiger partial charge in [0.25, 0.3) is 5.91 Å². The minimum atomic E-state index is -4.89. The molecule has 0 radical (unpaired) electrons. The number of nitrogens with zero attached hydrogens (tertiary/aromatic N) is 4. The van der Waals surface area contributed by atoms with E-state index in [1.165, 1.54) is 46.0 Å². The first kappa shape index (κ1) is 21.0. The van der Waals surface area contributed by atoms with E-state index in [0.29, 0.717) is 23.9 Å². The molecule has 0 spiro atoms. The highest BCUT2D eigenvalue weighted by molar-refractivity contribution is 5.93. The summed E-state index contributed by atoms with van der Waals surface area (Å²) in [4.78, 5) is 18.2. The Morgan fingerprint density at radius 1 is 1.26 bits per heavy atom. The van der Waals surface area contributed by atoms with Crippen molar-refractivity contribution >= 4 is 5.91 Å². The lowest BCUT2D eigenvalue weighted by atomic mass is 10.0. The fraction of sp³-hybridized carbons (Fsp3) is 0.350. The number of aromatic nitrogens is 4. The third-order valence-corrected chi connectivity index (χ3v) is 5.37. The molecular formula is C20H19F4N5O2. The number of nitrogens with one attached hydrogen (secondary N) is 1. The number of alkyl halides is 3. The van der Waals surface area contributed by atoms with Crippen molar-refractivity contribution in [3.8, 4) is 11.3 Å². The molecule has 2 atom stereocenters. The number of hydrogen-bond acceptors (Lipinski definition) is 4. The van der Waals surface area contributed by atoms with Crippen molar-refractivity contribution in [1.29, 1.82) is 0 Å². The second-order valence-electron chi connectivity index (χ2n) is 7.72. The van der Waals surface area contributed by atoms with Crippen LogP contribution >= 0.6 is 0 Å². The highest BCUT2D eigenvalue weighted by Gasteiger charge is 2.55. The second kappa shape index (κ2) is 7.19. The third kappa shape index (κ3) is 3.58. The molecule has 0 saturated heterocycles. The number of fused-ring (bicyclic) bond motifs is 1. The predicted molar refractivity (Wildman–Crippen MR) is 101 cm³/mol. The van der Waals surface area contributed by atoms with Gasteiger partial charge in [-0.25, -0.2) is 9.37 Å². The van der Waals surface area contributed by atoms with E-state index in [0.717, 1.165) is 0 Å². The Kier molecular flexibility index (Phi) is 4.88. The number of rotatable bonds is 3. The van der Waals surface area contributed by atoms with E-state index in [9.17, 15) is 27.5 Å². The summed E-state index contributed by atoms with van der Waals surface area (Å²) in [6.07, 6.45) is -3.66. The molecule has 31 heavy (non-hydrogen) atoms. The van der Waals surface area contributed by atoms with Gasteiger partial charge < -0.3 is 14.6 Å². The summed E-state index contributed by atoms with van der Waals surface area (Å²) in [5.41, 5.74) is -1.45. The molecule has 1 aromatic carbocycles. The molecule has 0 aliphatic carbocycles. The molecule has 0 fully saturated rings. The fourth-order valence-corrected chi connectivity index (χ4v) is 3.68. The van der Waals surface area contributed by atoms with Gasteiger partial charge in [0.05, 0.1) is 30.2 Å². The first-order chi connectivity index (χ1) is 14.5. The maximum atomic E-state index is 13.3. The zero-order chi connectivity index (χ0) is 22.6. The number of benzene rings is 1. The van der Waals surface area contributed by atoms with Crippen LogP contribution in [-0.2, 0) is 12.1 Å². The largest absolute Gasteiger partial charge is 0.424 e. The number of H-pyrrole nitrogens is 1. The van der Waals surface area contributed by atoms with Gasteiger partial charge in [0.1, 0.15) is 11.5 Å². The maximum absolute atomic E-state index is 13.3. The van der Waals surface area contributed by atoms with Gasteiger partial charge in [0.15, 0.2) is 5.82 Å². The lowest BCUT2D eigenvalue weighted by molar-refractivity contribution is -0.263. The van der Waals surface area contributed by atoms with Gasteiger partial charge in [0, 0.05) is 12.1 Å². The molecule has 2 N–H and O–H groups in total. The molecule has 1 aliphatic rings. The zero-order valence-corrected chi connectivity index (χ0v) is 16.6. The van der Waals surface area contributed by atoms with Crippen molar-refractivity contribution in [2.75, 3.05) is 6.54 Å². The summed E-state index contributed by atoms with van der Waals surface area (Å²) in [6.45, 7) is 2.45. The quantitative estimate of drug-likeness (QED) is 0.615. The summed E-state index contributed by atoms with van der Waals surface area (Å²) in [6, 6.07) is 6.63. The average Bonchev–Trinajstić information content (AvgIpc) is 3.35. The van der Waals surface area contributed by atoms with Crippen molar-refractivity contribution in [2.24, 2.45) is 0 Å². The fourth-order valence-electron chi connectivity index (χ4n) is 3.68. The van der Waals surface area contributed by atoms with Gasteiger partial charge in [-0.1, -0.05) is 0 Å². The van der Waals surface area contributed by atoms with E-state index in [4.69, 9.17) is 0 Å². The van der Waals surface area contributed by atoms with Crippen molar-refractivity contribution in [3.63, 3.8) is 0 Å². The average molecular weight is 437 g/mol. The lowest BCUT2D eigenvalue weighted by Crippen LogP contribution is -2.45. The Morgan fingerprint density at radius 2 is 1.94 bits per heavy atom. The number of aromatic amines is 1. The van der Waals surface area contributed by atoms with Crippen LogP contribution in [0.2, 0.25) is 0 Å². The van der Waals surface area contributed by atoms with Gasteiger partial charge in [-0.3, -0.25) is 9.89 Å². The third-order valence-electron chi connectivity index (χ3n) is 5.37. The van der Waals surface area contributed by atoms with Crippen LogP contribution < -0.4 is 0 Å². The number of carbonyl (C=O) groups is 1. The van der Waals surface area contributed by atoms with Crippen LogP contribution in [0.5, 0.6) is 0 Å².